The number of nitrogens with zero attached hydrogens (tertiary/aromatic N) is 1. The molecule has 0 bridgehead atoms. The standard InChI is InChI=1S/C15H29N3S/c1-3-19-14-6-4-5-13(11-14)18-15(16-2)17-10-9-12-7-8-12/h12-14H,3-11H2,1-2H3,(H2,16,17,18). The number of hydrogen-bond acceptors (Lipinski definition) is 2. The molecule has 19 heavy (non-hydrogen) atoms. The monoisotopic (exact) mass is 283 g/mol. The lowest BCUT2D eigenvalue weighted by molar-refractivity contribution is 0.418. The molecule has 0 heterocycles. The summed E-state index contributed by atoms with van der Waals surface area (Å²) in [7, 11) is 1.88. The molecule has 2 unspecified atom stereocenters. The van der Waals surface area contributed by atoms with Gasteiger partial charge in [-0.2, -0.15) is 11.8 Å². The lowest BCUT2D eigenvalue weighted by Crippen LogP contribution is -2.46. The normalized spacial score (nSPS) is 28.2. The molecule has 2 saturated carbocycles. The summed E-state index contributed by atoms with van der Waals surface area (Å²) in [5.74, 6) is 3.24. The highest BCUT2D eigenvalue weighted by molar-refractivity contribution is 7.99. The van der Waals surface area contributed by atoms with Gasteiger partial charge in [-0.15, -0.1) is 0 Å². The van der Waals surface area contributed by atoms with Gasteiger partial charge in [-0.05, 0) is 37.4 Å². The van der Waals surface area contributed by atoms with E-state index in [1.807, 2.05) is 7.05 Å². The first kappa shape index (κ1) is 15.0. The zero-order valence-corrected chi connectivity index (χ0v) is 13.3. The zero-order chi connectivity index (χ0) is 13.5. The maximum Gasteiger partial charge on any atom is 0.191 e. The van der Waals surface area contributed by atoms with Gasteiger partial charge in [0.1, 0.15) is 0 Å². The van der Waals surface area contributed by atoms with Crippen LogP contribution in [0.4, 0.5) is 0 Å². The van der Waals surface area contributed by atoms with Crippen LogP contribution in [0.2, 0.25) is 0 Å². The Bertz CT molecular complexity index is 287. The summed E-state index contributed by atoms with van der Waals surface area (Å²) in [4.78, 5) is 4.36. The van der Waals surface area contributed by atoms with E-state index in [0.29, 0.717) is 6.04 Å². The van der Waals surface area contributed by atoms with Crippen molar-refractivity contribution in [2.24, 2.45) is 10.9 Å². The molecular formula is C15H29N3S. The van der Waals surface area contributed by atoms with Gasteiger partial charge in [-0.1, -0.05) is 26.2 Å². The third-order valence-electron chi connectivity index (χ3n) is 4.13. The van der Waals surface area contributed by atoms with E-state index in [0.717, 1.165) is 23.7 Å². The van der Waals surface area contributed by atoms with Crippen molar-refractivity contribution < 1.29 is 0 Å². The molecule has 3 nitrogen and oxygen atoms in total. The van der Waals surface area contributed by atoms with Crippen LogP contribution >= 0.6 is 11.8 Å². The van der Waals surface area contributed by atoms with Crippen molar-refractivity contribution in [3.8, 4) is 0 Å². The van der Waals surface area contributed by atoms with Crippen molar-refractivity contribution in [2.45, 2.75) is 63.2 Å². The van der Waals surface area contributed by atoms with Gasteiger partial charge in [0.05, 0.1) is 0 Å². The average Bonchev–Trinajstić information content (AvgIpc) is 3.22. The van der Waals surface area contributed by atoms with E-state index >= 15 is 0 Å². The van der Waals surface area contributed by atoms with Crippen LogP contribution in [-0.2, 0) is 0 Å². The quantitative estimate of drug-likeness (QED) is 0.581. The summed E-state index contributed by atoms with van der Waals surface area (Å²) in [5, 5.41) is 7.93. The summed E-state index contributed by atoms with van der Waals surface area (Å²) >= 11 is 2.12. The Labute approximate surface area is 122 Å². The van der Waals surface area contributed by atoms with Gasteiger partial charge in [0, 0.05) is 24.9 Å². The van der Waals surface area contributed by atoms with E-state index < -0.39 is 0 Å². The molecule has 2 aliphatic carbocycles. The first-order valence-corrected chi connectivity index (χ1v) is 8.95. The molecule has 110 valence electrons. The Morgan fingerprint density at radius 3 is 2.79 bits per heavy atom. The van der Waals surface area contributed by atoms with E-state index in [9.17, 15) is 0 Å². The van der Waals surface area contributed by atoms with E-state index in [1.54, 1.807) is 0 Å². The molecule has 0 spiro atoms. The molecule has 0 aromatic rings. The molecule has 2 fully saturated rings. The van der Waals surface area contributed by atoms with Gasteiger partial charge in [0.15, 0.2) is 5.96 Å². The van der Waals surface area contributed by atoms with Crippen molar-refractivity contribution in [1.82, 2.24) is 10.6 Å². The third-order valence-corrected chi connectivity index (χ3v) is 5.37. The van der Waals surface area contributed by atoms with Gasteiger partial charge in [0.25, 0.3) is 0 Å². The lowest BCUT2D eigenvalue weighted by atomic mass is 9.95. The first-order chi connectivity index (χ1) is 9.31. The fraction of sp³-hybridized carbons (Fsp3) is 0.933. The van der Waals surface area contributed by atoms with Crippen LogP contribution in [0.3, 0.4) is 0 Å². The number of rotatable bonds is 6. The van der Waals surface area contributed by atoms with E-state index in [1.165, 1.54) is 50.7 Å². The summed E-state index contributed by atoms with van der Waals surface area (Å²) in [6, 6.07) is 0.616. The number of thioether (sulfide) groups is 1. The van der Waals surface area contributed by atoms with Gasteiger partial charge in [-0.3, -0.25) is 4.99 Å². The highest BCUT2D eigenvalue weighted by Gasteiger charge is 2.23. The van der Waals surface area contributed by atoms with Crippen molar-refractivity contribution in [1.29, 1.82) is 0 Å². The largest absolute Gasteiger partial charge is 0.356 e. The number of guanidine groups is 1. The maximum atomic E-state index is 4.36. The van der Waals surface area contributed by atoms with E-state index in [-0.39, 0.29) is 0 Å². The Kier molecular flexibility index (Phi) is 6.35. The molecule has 0 radical (unpaired) electrons. The molecule has 0 aliphatic heterocycles. The van der Waals surface area contributed by atoms with Crippen LogP contribution in [0, 0.1) is 5.92 Å². The molecule has 2 rings (SSSR count). The summed E-state index contributed by atoms with van der Waals surface area (Å²) in [6.07, 6.45) is 9.52. The second-order valence-electron chi connectivity index (χ2n) is 5.82. The Balaban J connectivity index is 1.67. The van der Waals surface area contributed by atoms with Gasteiger partial charge in [0.2, 0.25) is 0 Å². The minimum Gasteiger partial charge on any atom is -0.356 e. The Morgan fingerprint density at radius 2 is 2.11 bits per heavy atom. The Morgan fingerprint density at radius 1 is 1.26 bits per heavy atom. The summed E-state index contributed by atoms with van der Waals surface area (Å²) < 4.78 is 0. The lowest BCUT2D eigenvalue weighted by Gasteiger charge is -2.30. The fourth-order valence-corrected chi connectivity index (χ4v) is 4.03. The van der Waals surface area contributed by atoms with Crippen LogP contribution in [-0.4, -0.2) is 36.6 Å². The molecule has 0 saturated heterocycles. The van der Waals surface area contributed by atoms with Crippen LogP contribution in [0.25, 0.3) is 0 Å². The highest BCUT2D eigenvalue weighted by atomic mass is 32.2. The average molecular weight is 283 g/mol. The highest BCUT2D eigenvalue weighted by Crippen LogP contribution is 2.31. The van der Waals surface area contributed by atoms with Crippen LogP contribution < -0.4 is 10.6 Å². The van der Waals surface area contributed by atoms with Crippen LogP contribution in [0.1, 0.15) is 51.9 Å². The predicted octanol–water partition coefficient (Wildman–Crippen LogP) is 3.02. The molecule has 2 atom stereocenters. The van der Waals surface area contributed by atoms with Crippen molar-refractivity contribution >= 4 is 17.7 Å². The summed E-state index contributed by atoms with van der Waals surface area (Å²) in [6.45, 7) is 3.34. The SMILES string of the molecule is CCSC1CCCC(NC(=NC)NCCC2CC2)C1. The number of aliphatic imine (C=N–C) groups is 1. The van der Waals surface area contributed by atoms with Crippen LogP contribution in [0.15, 0.2) is 4.99 Å². The van der Waals surface area contributed by atoms with Crippen molar-refractivity contribution in [2.75, 3.05) is 19.3 Å². The molecular weight excluding hydrogens is 254 g/mol. The fourth-order valence-electron chi connectivity index (χ4n) is 2.85. The Hall–Kier alpha value is -0.380. The molecule has 4 heteroatoms. The first-order valence-electron chi connectivity index (χ1n) is 7.90. The van der Waals surface area contributed by atoms with Gasteiger partial charge < -0.3 is 10.6 Å². The summed E-state index contributed by atoms with van der Waals surface area (Å²) in [5.41, 5.74) is 0. The zero-order valence-electron chi connectivity index (χ0n) is 12.5. The van der Waals surface area contributed by atoms with E-state index in [2.05, 4.69) is 34.3 Å². The van der Waals surface area contributed by atoms with Crippen molar-refractivity contribution in [3.05, 3.63) is 0 Å². The minimum absolute atomic E-state index is 0.616. The smallest absolute Gasteiger partial charge is 0.191 e. The molecule has 0 aromatic carbocycles. The molecule has 2 aliphatic rings. The van der Waals surface area contributed by atoms with Gasteiger partial charge in [-0.25, -0.2) is 0 Å². The topological polar surface area (TPSA) is 36.4 Å². The maximum absolute atomic E-state index is 4.36. The van der Waals surface area contributed by atoms with Crippen molar-refractivity contribution in [3.63, 3.8) is 0 Å². The second kappa shape index (κ2) is 8.03. The number of hydrogen-bond donors (Lipinski definition) is 2. The van der Waals surface area contributed by atoms with E-state index in [4.69, 9.17) is 0 Å². The predicted molar refractivity (Wildman–Crippen MR) is 86.0 cm³/mol. The van der Waals surface area contributed by atoms with Crippen LogP contribution in [0.5, 0.6) is 0 Å². The number of nitrogens with one attached hydrogen (secondary N) is 2. The molecule has 2 N–H and O–H groups in total. The van der Waals surface area contributed by atoms with Gasteiger partial charge >= 0.3 is 0 Å². The third kappa shape index (κ3) is 5.64. The molecule has 0 amide bonds. The molecule has 0 aromatic heterocycles. The minimum atomic E-state index is 0.616. The second-order valence-corrected chi connectivity index (χ2v) is 7.39.